The van der Waals surface area contributed by atoms with Crippen LogP contribution in [0.2, 0.25) is 0 Å². The van der Waals surface area contributed by atoms with Gasteiger partial charge in [-0.05, 0) is 6.92 Å². The highest BCUT2D eigenvalue weighted by Gasteiger charge is 2.87. The van der Waals surface area contributed by atoms with Crippen molar-refractivity contribution in [3.05, 3.63) is 0 Å². The summed E-state index contributed by atoms with van der Waals surface area (Å²) in [6, 6.07) is 0. The average Bonchev–Trinajstić information content (AvgIpc) is 2.20. The van der Waals surface area contributed by atoms with Crippen molar-refractivity contribution < 1.29 is 71.7 Å². The molecule has 0 fully saturated rings. The maximum absolute atomic E-state index is 13.0. The minimum Gasteiger partial charge on any atom is -0.368 e. The monoisotopic (exact) mass is 396 g/mol. The van der Waals surface area contributed by atoms with Crippen LogP contribution in [0.15, 0.2) is 0 Å². The molecule has 0 aromatic rings. The third-order valence-electron chi connectivity index (χ3n) is 2.10. The molecule has 0 rings (SSSR count). The minimum absolute atomic E-state index is 0.201. The van der Waals surface area contributed by atoms with Crippen LogP contribution in [-0.4, -0.2) is 47.7 Å². The molecule has 0 aliphatic carbocycles. The van der Waals surface area contributed by atoms with Gasteiger partial charge >= 0.3 is 36.3 Å². The summed E-state index contributed by atoms with van der Waals surface area (Å²) in [5, 5.41) is 8.26. The van der Waals surface area contributed by atoms with Crippen LogP contribution in [-0.2, 0) is 9.47 Å². The molecular weight excluding hydrogens is 391 g/mol. The van der Waals surface area contributed by atoms with E-state index in [2.05, 4.69) is 4.74 Å². The van der Waals surface area contributed by atoms with E-state index in [-0.39, 0.29) is 6.92 Å². The van der Waals surface area contributed by atoms with Crippen LogP contribution in [0.3, 0.4) is 0 Å². The van der Waals surface area contributed by atoms with Gasteiger partial charge in [-0.3, -0.25) is 4.74 Å². The quantitative estimate of drug-likeness (QED) is 0.546. The molecule has 146 valence electrons. The summed E-state index contributed by atoms with van der Waals surface area (Å²) < 4.78 is 166. The Balaban J connectivity index is 5.98. The Morgan fingerprint density at radius 1 is 0.625 bits per heavy atom. The number of rotatable bonds is 6. The van der Waals surface area contributed by atoms with Crippen LogP contribution < -0.4 is 0 Å². The second-order valence-electron chi connectivity index (χ2n) is 4.02. The van der Waals surface area contributed by atoms with E-state index in [9.17, 15) is 57.1 Å². The van der Waals surface area contributed by atoms with Crippen LogP contribution in [0.1, 0.15) is 6.92 Å². The second-order valence-corrected chi connectivity index (χ2v) is 4.02. The summed E-state index contributed by atoms with van der Waals surface area (Å²) in [5.74, 6) is 0. The van der Waals surface area contributed by atoms with Gasteiger partial charge in [0.05, 0.1) is 0 Å². The van der Waals surface area contributed by atoms with Gasteiger partial charge in [-0.15, -0.1) is 0 Å². The topological polar surface area (TPSA) is 38.7 Å². The zero-order valence-electron chi connectivity index (χ0n) is 10.8. The normalized spacial score (nSPS) is 17.1. The number of aliphatic hydroxyl groups excluding tert-OH is 1. The summed E-state index contributed by atoms with van der Waals surface area (Å²) in [4.78, 5) is 0. The number of hydrogen-bond acceptors (Lipinski definition) is 3. The molecule has 0 amide bonds. The number of aliphatic hydroxyl groups is 1. The predicted molar refractivity (Wildman–Crippen MR) is 44.6 cm³/mol. The predicted octanol–water partition coefficient (Wildman–Crippen LogP) is 3.97. The van der Waals surface area contributed by atoms with Gasteiger partial charge in [-0.2, -0.15) is 52.7 Å². The van der Waals surface area contributed by atoms with Crippen LogP contribution in [0.25, 0.3) is 0 Å². The highest BCUT2D eigenvalue weighted by Crippen LogP contribution is 2.57. The molecule has 3 nitrogen and oxygen atoms in total. The molecule has 16 heteroatoms. The maximum atomic E-state index is 13.0. The highest BCUT2D eigenvalue weighted by molar-refractivity contribution is 5.02. The van der Waals surface area contributed by atoms with Gasteiger partial charge in [0.25, 0.3) is 0 Å². The Labute approximate surface area is 122 Å². The summed E-state index contributed by atoms with van der Waals surface area (Å²) in [7, 11) is 0. The van der Waals surface area contributed by atoms with Crippen molar-refractivity contribution in [1.82, 2.24) is 0 Å². The summed E-state index contributed by atoms with van der Waals surface area (Å²) in [5.41, 5.74) is -7.75. The van der Waals surface area contributed by atoms with Crippen molar-refractivity contribution in [3.8, 4) is 0 Å². The molecule has 0 spiro atoms. The molecule has 1 unspecified atom stereocenters. The highest BCUT2D eigenvalue weighted by atomic mass is 19.4. The molecule has 0 aromatic carbocycles. The van der Waals surface area contributed by atoms with E-state index < -0.39 is 42.6 Å². The second kappa shape index (κ2) is 6.05. The smallest absolute Gasteiger partial charge is 0.368 e. The maximum Gasteiger partial charge on any atom is 0.453 e. The molecule has 1 atom stereocenters. The lowest BCUT2D eigenvalue weighted by atomic mass is 10.0. The molecule has 0 aliphatic heterocycles. The largest absolute Gasteiger partial charge is 0.453 e. The summed E-state index contributed by atoms with van der Waals surface area (Å²) >= 11 is 0. The SMILES string of the molecule is CC(O)OC(F)(F)C(F)(F)OC(F)(F)C(F)(C(F)(F)F)C(F)(F)F. The van der Waals surface area contributed by atoms with Gasteiger partial charge in [-0.1, -0.05) is 0 Å². The molecule has 0 radical (unpaired) electrons. The van der Waals surface area contributed by atoms with E-state index in [1.807, 2.05) is 0 Å². The lowest BCUT2D eigenvalue weighted by Crippen LogP contribution is -2.67. The number of hydrogen-bond donors (Lipinski definition) is 1. The molecule has 0 aliphatic rings. The first-order valence-electron chi connectivity index (χ1n) is 5.14. The first-order valence-corrected chi connectivity index (χ1v) is 5.14. The van der Waals surface area contributed by atoms with E-state index in [1.54, 1.807) is 4.74 Å². The van der Waals surface area contributed by atoms with Crippen molar-refractivity contribution in [2.24, 2.45) is 0 Å². The van der Waals surface area contributed by atoms with Gasteiger partial charge in [0, 0.05) is 0 Å². The third-order valence-corrected chi connectivity index (χ3v) is 2.10. The zero-order valence-corrected chi connectivity index (χ0v) is 10.8. The molecule has 0 saturated heterocycles. The van der Waals surface area contributed by atoms with Crippen LogP contribution in [0.4, 0.5) is 57.1 Å². The van der Waals surface area contributed by atoms with Crippen molar-refractivity contribution in [2.45, 2.75) is 49.6 Å². The van der Waals surface area contributed by atoms with E-state index in [4.69, 9.17) is 5.11 Å². The van der Waals surface area contributed by atoms with Crippen molar-refractivity contribution in [2.75, 3.05) is 0 Å². The van der Waals surface area contributed by atoms with Crippen LogP contribution >= 0.6 is 0 Å². The first kappa shape index (κ1) is 23.0. The minimum atomic E-state index is -7.75. The first-order chi connectivity index (χ1) is 10.1. The van der Waals surface area contributed by atoms with Crippen molar-refractivity contribution in [3.63, 3.8) is 0 Å². The van der Waals surface area contributed by atoms with Crippen LogP contribution in [0.5, 0.6) is 0 Å². The number of alkyl halides is 13. The molecular formula is C8H5F13O3. The molecule has 0 aromatic heterocycles. The van der Waals surface area contributed by atoms with Gasteiger partial charge in [0.2, 0.25) is 0 Å². The number of ether oxygens (including phenoxy) is 2. The Morgan fingerprint density at radius 2 is 0.958 bits per heavy atom. The molecule has 0 saturated carbocycles. The van der Waals surface area contributed by atoms with Gasteiger partial charge in [-0.25, -0.2) is 9.13 Å². The Morgan fingerprint density at radius 3 is 1.21 bits per heavy atom. The fourth-order valence-electron chi connectivity index (χ4n) is 1.06. The van der Waals surface area contributed by atoms with Crippen molar-refractivity contribution in [1.29, 1.82) is 0 Å². The van der Waals surface area contributed by atoms with Gasteiger partial charge in [0.1, 0.15) is 0 Å². The lowest BCUT2D eigenvalue weighted by molar-refractivity contribution is -0.533. The molecule has 1 N–H and O–H groups in total. The zero-order chi connectivity index (χ0) is 20.0. The van der Waals surface area contributed by atoms with Crippen LogP contribution in [0, 0.1) is 0 Å². The summed E-state index contributed by atoms with van der Waals surface area (Å²) in [6.45, 7) is 0.201. The van der Waals surface area contributed by atoms with E-state index in [0.717, 1.165) is 0 Å². The molecule has 0 bridgehead atoms. The van der Waals surface area contributed by atoms with E-state index >= 15 is 0 Å². The van der Waals surface area contributed by atoms with Gasteiger partial charge in [0.15, 0.2) is 6.29 Å². The molecule has 0 heterocycles. The van der Waals surface area contributed by atoms with Crippen molar-refractivity contribution >= 4 is 0 Å². The lowest BCUT2D eigenvalue weighted by Gasteiger charge is -2.37. The Kier molecular flexibility index (Phi) is 5.79. The fourth-order valence-corrected chi connectivity index (χ4v) is 1.06. The van der Waals surface area contributed by atoms with E-state index in [1.165, 1.54) is 0 Å². The van der Waals surface area contributed by atoms with Gasteiger partial charge < -0.3 is 5.11 Å². The third kappa shape index (κ3) is 3.96. The molecule has 24 heavy (non-hydrogen) atoms. The van der Waals surface area contributed by atoms with E-state index in [0.29, 0.717) is 0 Å². The fraction of sp³-hybridized carbons (Fsp3) is 1.00. The summed E-state index contributed by atoms with van der Waals surface area (Å²) in [6.07, 6.45) is -38.8. The average molecular weight is 396 g/mol. The number of halogens is 13. The Hall–Kier alpha value is -1.03. The Bertz CT molecular complexity index is 423. The standard InChI is InChI=1S/C8H5F13O3/c1-2(22)23-7(18,19)8(20,21)24-6(16,17)3(9,4(10,11)12)5(13,14)15/h2,22H,1H3.